The third-order valence-electron chi connectivity index (χ3n) is 5.27. The van der Waals surface area contributed by atoms with Crippen LogP contribution in [0.4, 0.5) is 0 Å². The van der Waals surface area contributed by atoms with Crippen LogP contribution in [0.1, 0.15) is 30.5 Å². The van der Waals surface area contributed by atoms with Gasteiger partial charge in [-0.25, -0.2) is 0 Å². The average Bonchev–Trinajstić information content (AvgIpc) is 2.79. The van der Waals surface area contributed by atoms with Crippen LogP contribution in [-0.4, -0.2) is 50.8 Å². The second-order valence-corrected chi connectivity index (χ2v) is 7.08. The summed E-state index contributed by atoms with van der Waals surface area (Å²) in [5.41, 5.74) is 3.25. The molecule has 29 heavy (non-hydrogen) atoms. The van der Waals surface area contributed by atoms with Crippen LogP contribution in [0.2, 0.25) is 0 Å². The Balaban J connectivity index is 1.73. The molecular weight excluding hydrogens is 364 g/mol. The van der Waals surface area contributed by atoms with Gasteiger partial charge in [-0.3, -0.25) is 9.69 Å². The first-order valence-electron chi connectivity index (χ1n) is 10.2. The molecule has 1 amide bonds. The Morgan fingerprint density at radius 1 is 1.17 bits per heavy atom. The number of carbonyl (C=O) groups excluding carboxylic acids is 1. The molecule has 1 heterocycles. The monoisotopic (exact) mass is 394 g/mol. The molecule has 1 atom stereocenters. The predicted octanol–water partition coefficient (Wildman–Crippen LogP) is 3.68. The lowest BCUT2D eigenvalue weighted by atomic mass is 10.0. The van der Waals surface area contributed by atoms with E-state index in [0.717, 1.165) is 42.0 Å². The van der Waals surface area contributed by atoms with Gasteiger partial charge < -0.3 is 14.8 Å². The first-order valence-corrected chi connectivity index (χ1v) is 10.2. The Kier molecular flexibility index (Phi) is 7.85. The minimum absolute atomic E-state index is 0.0631. The molecule has 154 valence electrons. The van der Waals surface area contributed by atoms with Crippen LogP contribution in [0.3, 0.4) is 0 Å². The Labute approximate surface area is 173 Å². The maximum atomic E-state index is 12.7. The van der Waals surface area contributed by atoms with Gasteiger partial charge >= 0.3 is 0 Å². The first-order chi connectivity index (χ1) is 14.2. The molecule has 5 nitrogen and oxygen atoms in total. The lowest BCUT2D eigenvalue weighted by molar-refractivity contribution is -0.116. The van der Waals surface area contributed by atoms with Gasteiger partial charge in [0.25, 0.3) is 0 Å². The van der Waals surface area contributed by atoms with Gasteiger partial charge in [0.2, 0.25) is 5.91 Å². The standard InChI is InChI=1S/C24H30N2O3/c1-3-19(20-8-5-4-6-9-20)17-24(27)25-18-23(26-12-14-29-15-13-26)21-10-7-11-22(16-21)28-2/h4-11,16-17,23H,3,12-15,18H2,1-2H3,(H,25,27)/b19-17+. The molecule has 2 aromatic carbocycles. The van der Waals surface area contributed by atoms with Crippen molar-refractivity contribution in [1.82, 2.24) is 10.2 Å². The summed E-state index contributed by atoms with van der Waals surface area (Å²) in [6, 6.07) is 18.2. The quantitative estimate of drug-likeness (QED) is 0.694. The zero-order valence-electron chi connectivity index (χ0n) is 17.3. The normalized spacial score (nSPS) is 16.3. The van der Waals surface area contributed by atoms with E-state index < -0.39 is 0 Å². The molecular formula is C24H30N2O3. The van der Waals surface area contributed by atoms with E-state index in [2.05, 4.69) is 23.2 Å². The van der Waals surface area contributed by atoms with E-state index in [1.54, 1.807) is 13.2 Å². The largest absolute Gasteiger partial charge is 0.497 e. The molecule has 3 rings (SSSR count). The van der Waals surface area contributed by atoms with Crippen LogP contribution in [-0.2, 0) is 9.53 Å². The molecule has 0 aromatic heterocycles. The van der Waals surface area contributed by atoms with E-state index in [4.69, 9.17) is 9.47 Å². The van der Waals surface area contributed by atoms with Crippen molar-refractivity contribution in [3.05, 3.63) is 71.8 Å². The maximum Gasteiger partial charge on any atom is 0.244 e. The van der Waals surface area contributed by atoms with Crippen molar-refractivity contribution in [2.24, 2.45) is 0 Å². The maximum absolute atomic E-state index is 12.7. The number of nitrogens with zero attached hydrogens (tertiary/aromatic N) is 1. The number of rotatable bonds is 8. The smallest absolute Gasteiger partial charge is 0.244 e. The highest BCUT2D eigenvalue weighted by Crippen LogP contribution is 2.25. The molecule has 1 N–H and O–H groups in total. The van der Waals surface area contributed by atoms with Crippen molar-refractivity contribution >= 4 is 11.5 Å². The van der Waals surface area contributed by atoms with Crippen LogP contribution < -0.4 is 10.1 Å². The SMILES string of the molecule is CC/C(=C\C(=O)NCC(c1cccc(OC)c1)N1CCOCC1)c1ccccc1. The zero-order valence-corrected chi connectivity index (χ0v) is 17.3. The van der Waals surface area contributed by atoms with Gasteiger partial charge in [0.05, 0.1) is 26.4 Å². The number of carbonyl (C=O) groups is 1. The Bertz CT molecular complexity index is 814. The van der Waals surface area contributed by atoms with Gasteiger partial charge in [-0.15, -0.1) is 0 Å². The van der Waals surface area contributed by atoms with E-state index in [-0.39, 0.29) is 11.9 Å². The third-order valence-corrected chi connectivity index (χ3v) is 5.27. The molecule has 5 heteroatoms. The van der Waals surface area contributed by atoms with E-state index in [1.165, 1.54) is 0 Å². The molecule has 0 aliphatic carbocycles. The highest BCUT2D eigenvalue weighted by Gasteiger charge is 2.23. The fraction of sp³-hybridized carbons (Fsp3) is 0.375. The number of hydrogen-bond donors (Lipinski definition) is 1. The summed E-state index contributed by atoms with van der Waals surface area (Å²) < 4.78 is 10.9. The number of amides is 1. The topological polar surface area (TPSA) is 50.8 Å². The number of methoxy groups -OCH3 is 1. The van der Waals surface area contributed by atoms with E-state index in [0.29, 0.717) is 19.8 Å². The van der Waals surface area contributed by atoms with Crippen LogP contribution in [0.25, 0.3) is 5.57 Å². The van der Waals surface area contributed by atoms with E-state index in [9.17, 15) is 4.79 Å². The van der Waals surface area contributed by atoms with Crippen molar-refractivity contribution in [3.63, 3.8) is 0 Å². The average molecular weight is 395 g/mol. The van der Waals surface area contributed by atoms with Crippen molar-refractivity contribution in [1.29, 1.82) is 0 Å². The number of benzene rings is 2. The highest BCUT2D eigenvalue weighted by atomic mass is 16.5. The molecule has 1 fully saturated rings. The fourth-order valence-corrected chi connectivity index (χ4v) is 3.64. The third kappa shape index (κ3) is 5.92. The Morgan fingerprint density at radius 2 is 1.93 bits per heavy atom. The second-order valence-electron chi connectivity index (χ2n) is 7.08. The predicted molar refractivity (Wildman–Crippen MR) is 116 cm³/mol. The summed E-state index contributed by atoms with van der Waals surface area (Å²) >= 11 is 0. The number of hydrogen-bond acceptors (Lipinski definition) is 4. The van der Waals surface area contributed by atoms with Gasteiger partial charge in [-0.05, 0) is 35.3 Å². The van der Waals surface area contributed by atoms with Crippen molar-refractivity contribution < 1.29 is 14.3 Å². The van der Waals surface area contributed by atoms with Gasteiger partial charge in [-0.1, -0.05) is 49.4 Å². The Hall–Kier alpha value is -2.63. The van der Waals surface area contributed by atoms with Gasteiger partial charge in [0.15, 0.2) is 0 Å². The second kappa shape index (κ2) is 10.8. The molecule has 1 unspecified atom stereocenters. The summed E-state index contributed by atoms with van der Waals surface area (Å²) in [7, 11) is 1.67. The van der Waals surface area contributed by atoms with Crippen molar-refractivity contribution in [2.45, 2.75) is 19.4 Å². The number of morpholine rings is 1. The zero-order chi connectivity index (χ0) is 20.5. The number of nitrogens with one attached hydrogen (secondary N) is 1. The summed E-state index contributed by atoms with van der Waals surface area (Å²) in [5, 5.41) is 3.11. The van der Waals surface area contributed by atoms with Crippen LogP contribution >= 0.6 is 0 Å². The Morgan fingerprint density at radius 3 is 2.62 bits per heavy atom. The first kappa shape index (κ1) is 21.1. The molecule has 0 saturated carbocycles. The van der Waals surface area contributed by atoms with Gasteiger partial charge in [-0.2, -0.15) is 0 Å². The number of ether oxygens (including phenoxy) is 2. The van der Waals surface area contributed by atoms with Crippen LogP contribution in [0.15, 0.2) is 60.7 Å². The lowest BCUT2D eigenvalue weighted by Gasteiger charge is -2.35. The van der Waals surface area contributed by atoms with Gasteiger partial charge in [0, 0.05) is 25.7 Å². The molecule has 1 aliphatic rings. The number of allylic oxidation sites excluding steroid dienone is 1. The van der Waals surface area contributed by atoms with E-state index >= 15 is 0 Å². The fourth-order valence-electron chi connectivity index (χ4n) is 3.64. The van der Waals surface area contributed by atoms with Crippen molar-refractivity contribution in [2.75, 3.05) is 40.0 Å². The van der Waals surface area contributed by atoms with Crippen molar-refractivity contribution in [3.8, 4) is 5.75 Å². The van der Waals surface area contributed by atoms with Crippen LogP contribution in [0, 0.1) is 0 Å². The summed E-state index contributed by atoms with van der Waals surface area (Å²) in [6.45, 7) is 5.72. The summed E-state index contributed by atoms with van der Waals surface area (Å²) in [6.07, 6.45) is 2.53. The van der Waals surface area contributed by atoms with Crippen LogP contribution in [0.5, 0.6) is 5.75 Å². The summed E-state index contributed by atoms with van der Waals surface area (Å²) in [5.74, 6) is 0.760. The summed E-state index contributed by atoms with van der Waals surface area (Å²) in [4.78, 5) is 15.0. The molecule has 1 saturated heterocycles. The molecule has 0 radical (unpaired) electrons. The minimum Gasteiger partial charge on any atom is -0.497 e. The molecule has 0 spiro atoms. The minimum atomic E-state index is -0.0631. The van der Waals surface area contributed by atoms with Gasteiger partial charge in [0.1, 0.15) is 5.75 Å². The molecule has 2 aromatic rings. The molecule has 0 bridgehead atoms. The molecule has 1 aliphatic heterocycles. The lowest BCUT2D eigenvalue weighted by Crippen LogP contribution is -2.43. The highest BCUT2D eigenvalue weighted by molar-refractivity contribution is 5.95. The van der Waals surface area contributed by atoms with E-state index in [1.807, 2.05) is 48.5 Å².